The molecule has 3 nitrogen and oxygen atoms in total. The number of nitrogens with zero attached hydrogens (tertiary/aromatic N) is 2. The molecule has 3 rings (SSSR count). The summed E-state index contributed by atoms with van der Waals surface area (Å²) in [6.45, 7) is 6.63. The summed E-state index contributed by atoms with van der Waals surface area (Å²) in [6.07, 6.45) is 5.14. The van der Waals surface area contributed by atoms with E-state index in [4.69, 9.17) is 0 Å². The summed E-state index contributed by atoms with van der Waals surface area (Å²) in [5.41, 5.74) is 3.37. The largest absolute Gasteiger partial charge is 0.306 e. The summed E-state index contributed by atoms with van der Waals surface area (Å²) < 4.78 is 1.77. The Balaban J connectivity index is 1.82. The van der Waals surface area contributed by atoms with Crippen molar-refractivity contribution in [1.29, 1.82) is 0 Å². The van der Waals surface area contributed by atoms with E-state index in [0.29, 0.717) is 11.8 Å². The Labute approximate surface area is 144 Å². The number of hydrogen-bond donors (Lipinski definition) is 0. The summed E-state index contributed by atoms with van der Waals surface area (Å²) in [6, 6.07) is 12.5. The van der Waals surface area contributed by atoms with Gasteiger partial charge in [0.2, 0.25) is 0 Å². The predicted octanol–water partition coefficient (Wildman–Crippen LogP) is 3.85. The Morgan fingerprint density at radius 1 is 1.08 bits per heavy atom. The normalized spacial score (nSPS) is 16.7. The van der Waals surface area contributed by atoms with Gasteiger partial charge in [0.1, 0.15) is 0 Å². The van der Waals surface area contributed by atoms with Gasteiger partial charge in [0.25, 0.3) is 5.56 Å². The third-order valence-electron chi connectivity index (χ3n) is 5.02. The number of pyridine rings is 1. The van der Waals surface area contributed by atoms with Crippen LogP contribution in [0, 0.1) is 5.92 Å². The standard InChI is InChI=1S/C21H28N2O/c1-16(2)15-19-5-4-12-23(21(19)24)20-8-6-17(7-9-20)18-10-13-22(3)14-11-18/h4-9,12,16,18H,10-11,13-15H2,1-3H3. The SMILES string of the molecule is CC(C)Cc1cccn(-c2ccc(C3CCN(C)CC3)cc2)c1=O. The van der Waals surface area contributed by atoms with Crippen molar-refractivity contribution in [3.63, 3.8) is 0 Å². The molecule has 128 valence electrons. The third kappa shape index (κ3) is 3.78. The molecule has 3 heteroatoms. The molecule has 0 bridgehead atoms. The van der Waals surface area contributed by atoms with E-state index in [1.165, 1.54) is 31.5 Å². The van der Waals surface area contributed by atoms with Crippen LogP contribution in [0.2, 0.25) is 0 Å². The zero-order valence-corrected chi connectivity index (χ0v) is 15.0. The second kappa shape index (κ2) is 7.35. The van der Waals surface area contributed by atoms with Gasteiger partial charge in [0.15, 0.2) is 0 Å². The molecule has 2 aromatic rings. The molecule has 2 heterocycles. The van der Waals surface area contributed by atoms with Crippen LogP contribution in [0.1, 0.15) is 43.7 Å². The van der Waals surface area contributed by atoms with Crippen LogP contribution in [0.15, 0.2) is 47.4 Å². The third-order valence-corrected chi connectivity index (χ3v) is 5.02. The van der Waals surface area contributed by atoms with Crippen LogP contribution < -0.4 is 5.56 Å². The topological polar surface area (TPSA) is 25.2 Å². The molecule has 0 amide bonds. The van der Waals surface area contributed by atoms with Crippen LogP contribution in [0.5, 0.6) is 0 Å². The van der Waals surface area contributed by atoms with E-state index in [0.717, 1.165) is 17.7 Å². The van der Waals surface area contributed by atoms with E-state index in [2.05, 4.69) is 50.1 Å². The lowest BCUT2D eigenvalue weighted by Crippen LogP contribution is -2.29. The Bertz CT molecular complexity index is 722. The predicted molar refractivity (Wildman–Crippen MR) is 100 cm³/mol. The maximum atomic E-state index is 12.7. The van der Waals surface area contributed by atoms with Gasteiger partial charge in [0.05, 0.1) is 0 Å². The molecule has 0 radical (unpaired) electrons. The number of hydrogen-bond acceptors (Lipinski definition) is 2. The molecule has 0 spiro atoms. The van der Waals surface area contributed by atoms with Crippen molar-refractivity contribution in [1.82, 2.24) is 9.47 Å². The van der Waals surface area contributed by atoms with Crippen LogP contribution in [-0.2, 0) is 6.42 Å². The second-order valence-electron chi connectivity index (χ2n) is 7.48. The Morgan fingerprint density at radius 3 is 2.38 bits per heavy atom. The zero-order valence-electron chi connectivity index (χ0n) is 15.0. The number of likely N-dealkylation sites (tertiary alicyclic amines) is 1. The van der Waals surface area contributed by atoms with Crippen molar-refractivity contribution in [3.8, 4) is 5.69 Å². The highest BCUT2D eigenvalue weighted by Crippen LogP contribution is 2.27. The molecule has 1 saturated heterocycles. The molecule has 1 fully saturated rings. The molecular weight excluding hydrogens is 296 g/mol. The first kappa shape index (κ1) is 17.0. The monoisotopic (exact) mass is 324 g/mol. The summed E-state index contributed by atoms with van der Waals surface area (Å²) in [5.74, 6) is 1.14. The van der Waals surface area contributed by atoms with Crippen LogP contribution >= 0.6 is 0 Å². The van der Waals surface area contributed by atoms with Gasteiger partial charge in [-0.25, -0.2) is 0 Å². The average Bonchev–Trinajstić information content (AvgIpc) is 2.57. The van der Waals surface area contributed by atoms with Gasteiger partial charge in [-0.3, -0.25) is 9.36 Å². The summed E-state index contributed by atoms with van der Waals surface area (Å²) in [5, 5.41) is 0. The first-order chi connectivity index (χ1) is 11.5. The minimum Gasteiger partial charge on any atom is -0.306 e. The van der Waals surface area contributed by atoms with E-state index in [1.807, 2.05) is 18.3 Å². The van der Waals surface area contributed by atoms with E-state index in [-0.39, 0.29) is 5.56 Å². The Kier molecular flexibility index (Phi) is 5.20. The average molecular weight is 324 g/mol. The van der Waals surface area contributed by atoms with Gasteiger partial charge in [-0.05, 0) is 75.0 Å². The molecular formula is C21H28N2O. The fourth-order valence-corrected chi connectivity index (χ4v) is 3.59. The molecule has 0 N–H and O–H groups in total. The van der Waals surface area contributed by atoms with Gasteiger partial charge < -0.3 is 4.90 Å². The van der Waals surface area contributed by atoms with Crippen molar-refractivity contribution in [2.24, 2.45) is 5.92 Å². The molecule has 0 saturated carbocycles. The molecule has 24 heavy (non-hydrogen) atoms. The van der Waals surface area contributed by atoms with Gasteiger partial charge in [-0.1, -0.05) is 32.0 Å². The van der Waals surface area contributed by atoms with E-state index in [1.54, 1.807) is 4.57 Å². The minimum absolute atomic E-state index is 0.109. The molecule has 1 aromatic carbocycles. The van der Waals surface area contributed by atoms with Crippen LogP contribution in [-0.4, -0.2) is 29.6 Å². The van der Waals surface area contributed by atoms with Crippen LogP contribution in [0.25, 0.3) is 5.69 Å². The second-order valence-corrected chi connectivity index (χ2v) is 7.48. The Hall–Kier alpha value is -1.87. The van der Waals surface area contributed by atoms with Crippen molar-refractivity contribution in [2.45, 2.75) is 39.0 Å². The highest BCUT2D eigenvalue weighted by atomic mass is 16.1. The maximum Gasteiger partial charge on any atom is 0.258 e. The fraction of sp³-hybridized carbons (Fsp3) is 0.476. The Morgan fingerprint density at radius 2 is 1.75 bits per heavy atom. The lowest BCUT2D eigenvalue weighted by atomic mass is 9.89. The molecule has 0 aliphatic carbocycles. The van der Waals surface area contributed by atoms with Gasteiger partial charge >= 0.3 is 0 Å². The number of benzene rings is 1. The zero-order chi connectivity index (χ0) is 17.1. The van der Waals surface area contributed by atoms with Crippen molar-refractivity contribution in [3.05, 3.63) is 64.1 Å². The quantitative estimate of drug-likeness (QED) is 0.853. The first-order valence-corrected chi connectivity index (χ1v) is 9.04. The summed E-state index contributed by atoms with van der Waals surface area (Å²) in [7, 11) is 2.19. The molecule has 1 aliphatic heterocycles. The van der Waals surface area contributed by atoms with Gasteiger partial charge in [0, 0.05) is 17.4 Å². The number of aromatic nitrogens is 1. The lowest BCUT2D eigenvalue weighted by Gasteiger charge is -2.29. The molecule has 1 aliphatic rings. The molecule has 0 atom stereocenters. The number of rotatable bonds is 4. The van der Waals surface area contributed by atoms with Gasteiger partial charge in [-0.2, -0.15) is 0 Å². The first-order valence-electron chi connectivity index (χ1n) is 9.04. The maximum absolute atomic E-state index is 12.7. The lowest BCUT2D eigenvalue weighted by molar-refractivity contribution is 0.255. The minimum atomic E-state index is 0.109. The fourth-order valence-electron chi connectivity index (χ4n) is 3.59. The van der Waals surface area contributed by atoms with Crippen molar-refractivity contribution < 1.29 is 0 Å². The molecule has 0 unspecified atom stereocenters. The summed E-state index contributed by atoms with van der Waals surface area (Å²) in [4.78, 5) is 15.1. The van der Waals surface area contributed by atoms with E-state index in [9.17, 15) is 4.79 Å². The van der Waals surface area contributed by atoms with Crippen molar-refractivity contribution in [2.75, 3.05) is 20.1 Å². The van der Waals surface area contributed by atoms with Gasteiger partial charge in [-0.15, -0.1) is 0 Å². The van der Waals surface area contributed by atoms with Crippen LogP contribution in [0.3, 0.4) is 0 Å². The number of piperidine rings is 1. The van der Waals surface area contributed by atoms with E-state index < -0.39 is 0 Å². The smallest absolute Gasteiger partial charge is 0.258 e. The van der Waals surface area contributed by atoms with Crippen molar-refractivity contribution >= 4 is 0 Å². The highest BCUT2D eigenvalue weighted by Gasteiger charge is 2.18. The highest BCUT2D eigenvalue weighted by molar-refractivity contribution is 5.37. The van der Waals surface area contributed by atoms with E-state index >= 15 is 0 Å². The van der Waals surface area contributed by atoms with Crippen LogP contribution in [0.4, 0.5) is 0 Å². The molecule has 1 aromatic heterocycles. The summed E-state index contributed by atoms with van der Waals surface area (Å²) >= 11 is 0.